The largest absolute Gasteiger partial charge is 0.378 e. The van der Waals surface area contributed by atoms with Crippen molar-refractivity contribution < 1.29 is 0 Å². The van der Waals surface area contributed by atoms with Gasteiger partial charge < -0.3 is 5.32 Å². The van der Waals surface area contributed by atoms with Gasteiger partial charge in [-0.05, 0) is 0 Å². The Bertz CT molecular complexity index is 254. The van der Waals surface area contributed by atoms with Crippen LogP contribution in [-0.4, -0.2) is 16.3 Å². The Labute approximate surface area is 70.7 Å². The minimum atomic E-state index is 0.577. The Balaban J connectivity index is 2.45. The standard InChI is InChI=1S/C7H10ClN3/c1-6(8)3-9-7-4-10-11(2)5-7/h4-5,9H,1,3H2,2H3. The lowest BCUT2D eigenvalue weighted by atomic mass is 10.5. The van der Waals surface area contributed by atoms with Gasteiger partial charge in [-0.3, -0.25) is 4.68 Å². The molecule has 0 bridgehead atoms. The maximum Gasteiger partial charge on any atom is 0.0729 e. The molecule has 4 heteroatoms. The van der Waals surface area contributed by atoms with Crippen LogP contribution in [-0.2, 0) is 7.05 Å². The average molecular weight is 172 g/mol. The number of nitrogens with one attached hydrogen (secondary N) is 1. The molecule has 3 nitrogen and oxygen atoms in total. The Morgan fingerprint density at radius 2 is 2.64 bits per heavy atom. The topological polar surface area (TPSA) is 29.9 Å². The number of hydrogen-bond donors (Lipinski definition) is 1. The third kappa shape index (κ3) is 2.63. The third-order valence-corrected chi connectivity index (χ3v) is 1.32. The van der Waals surface area contributed by atoms with Crippen molar-refractivity contribution in [1.29, 1.82) is 0 Å². The van der Waals surface area contributed by atoms with Crippen molar-refractivity contribution in [3.8, 4) is 0 Å². The first kappa shape index (κ1) is 8.14. The SMILES string of the molecule is C=C(Cl)CNc1cnn(C)c1. The second-order valence-corrected chi connectivity index (χ2v) is 2.81. The van der Waals surface area contributed by atoms with Gasteiger partial charge in [-0.25, -0.2) is 0 Å². The lowest BCUT2D eigenvalue weighted by Gasteiger charge is -1.98. The Kier molecular flexibility index (Phi) is 2.54. The monoisotopic (exact) mass is 171 g/mol. The van der Waals surface area contributed by atoms with Gasteiger partial charge in [0.25, 0.3) is 0 Å². The van der Waals surface area contributed by atoms with E-state index in [4.69, 9.17) is 11.6 Å². The summed E-state index contributed by atoms with van der Waals surface area (Å²) in [7, 11) is 1.86. The quantitative estimate of drug-likeness (QED) is 0.749. The van der Waals surface area contributed by atoms with Crippen LogP contribution in [0.3, 0.4) is 0 Å². The van der Waals surface area contributed by atoms with E-state index in [-0.39, 0.29) is 0 Å². The Morgan fingerprint density at radius 3 is 3.09 bits per heavy atom. The lowest BCUT2D eigenvalue weighted by molar-refractivity contribution is 0.768. The van der Waals surface area contributed by atoms with E-state index in [0.717, 1.165) is 5.69 Å². The summed E-state index contributed by atoms with van der Waals surface area (Å²) >= 11 is 5.55. The normalized spacial score (nSPS) is 9.64. The van der Waals surface area contributed by atoms with Crippen molar-refractivity contribution in [1.82, 2.24) is 9.78 Å². The molecule has 0 spiro atoms. The average Bonchev–Trinajstić information content (AvgIpc) is 2.31. The van der Waals surface area contributed by atoms with Crippen molar-refractivity contribution in [3.05, 3.63) is 24.0 Å². The fourth-order valence-electron chi connectivity index (χ4n) is 0.710. The lowest BCUT2D eigenvalue weighted by Crippen LogP contribution is -1.99. The van der Waals surface area contributed by atoms with Crippen LogP contribution in [0, 0.1) is 0 Å². The summed E-state index contributed by atoms with van der Waals surface area (Å²) in [6.45, 7) is 4.13. The number of hydrogen-bond acceptors (Lipinski definition) is 2. The summed E-state index contributed by atoms with van der Waals surface area (Å²) in [4.78, 5) is 0. The maximum absolute atomic E-state index is 5.55. The predicted octanol–water partition coefficient (Wildman–Crippen LogP) is 1.58. The van der Waals surface area contributed by atoms with Gasteiger partial charge in [-0.2, -0.15) is 5.10 Å². The summed E-state index contributed by atoms with van der Waals surface area (Å²) in [5.41, 5.74) is 0.953. The molecule has 0 radical (unpaired) electrons. The van der Waals surface area contributed by atoms with E-state index in [9.17, 15) is 0 Å². The molecule has 1 aromatic rings. The zero-order valence-corrected chi connectivity index (χ0v) is 7.10. The number of rotatable bonds is 3. The Hall–Kier alpha value is -0.960. The zero-order valence-electron chi connectivity index (χ0n) is 6.34. The minimum Gasteiger partial charge on any atom is -0.378 e. The van der Waals surface area contributed by atoms with Crippen molar-refractivity contribution in [2.24, 2.45) is 7.05 Å². The molecular formula is C7H10ClN3. The summed E-state index contributed by atoms with van der Waals surface area (Å²) < 4.78 is 1.72. The van der Waals surface area contributed by atoms with Crippen LogP contribution in [0.1, 0.15) is 0 Å². The molecule has 1 heterocycles. The molecule has 60 valence electrons. The molecule has 0 aliphatic heterocycles. The summed E-state index contributed by atoms with van der Waals surface area (Å²) in [5, 5.41) is 7.62. The number of aromatic nitrogens is 2. The molecule has 11 heavy (non-hydrogen) atoms. The van der Waals surface area contributed by atoms with Crippen molar-refractivity contribution in [2.45, 2.75) is 0 Å². The molecule has 1 aromatic heterocycles. The maximum atomic E-state index is 5.55. The van der Waals surface area contributed by atoms with Crippen LogP contribution >= 0.6 is 11.6 Å². The molecule has 0 aromatic carbocycles. The van der Waals surface area contributed by atoms with Crippen LogP contribution < -0.4 is 5.32 Å². The molecule has 0 aliphatic rings. The third-order valence-electron chi connectivity index (χ3n) is 1.19. The number of aryl methyl sites for hydroxylation is 1. The molecule has 0 fully saturated rings. The van der Waals surface area contributed by atoms with Gasteiger partial charge in [0, 0.05) is 18.3 Å². The van der Waals surface area contributed by atoms with E-state index in [1.807, 2.05) is 13.2 Å². The molecule has 0 aliphatic carbocycles. The molecule has 1 N–H and O–H groups in total. The summed E-state index contributed by atoms with van der Waals surface area (Å²) in [6, 6.07) is 0. The van der Waals surface area contributed by atoms with E-state index in [1.165, 1.54) is 0 Å². The van der Waals surface area contributed by atoms with E-state index in [2.05, 4.69) is 17.0 Å². The fraction of sp³-hybridized carbons (Fsp3) is 0.286. The number of halogens is 1. The van der Waals surface area contributed by atoms with Gasteiger partial charge in [0.05, 0.1) is 18.4 Å². The number of nitrogens with zero attached hydrogens (tertiary/aromatic N) is 2. The van der Waals surface area contributed by atoms with E-state index >= 15 is 0 Å². The fourth-order valence-corrected chi connectivity index (χ4v) is 0.777. The molecule has 0 saturated heterocycles. The molecule has 0 atom stereocenters. The van der Waals surface area contributed by atoms with Crippen LogP contribution in [0.5, 0.6) is 0 Å². The molecule has 0 amide bonds. The highest BCUT2D eigenvalue weighted by molar-refractivity contribution is 6.29. The highest BCUT2D eigenvalue weighted by atomic mass is 35.5. The van der Waals surface area contributed by atoms with Crippen LogP contribution in [0.25, 0.3) is 0 Å². The van der Waals surface area contributed by atoms with E-state index in [0.29, 0.717) is 11.6 Å². The van der Waals surface area contributed by atoms with Crippen molar-refractivity contribution in [3.63, 3.8) is 0 Å². The first-order valence-corrected chi connectivity index (χ1v) is 3.62. The highest BCUT2D eigenvalue weighted by Crippen LogP contribution is 2.05. The Morgan fingerprint density at radius 1 is 1.91 bits per heavy atom. The second kappa shape index (κ2) is 3.44. The second-order valence-electron chi connectivity index (χ2n) is 2.27. The van der Waals surface area contributed by atoms with Crippen molar-refractivity contribution >= 4 is 17.3 Å². The molecule has 1 rings (SSSR count). The van der Waals surface area contributed by atoms with Gasteiger partial charge in [0.1, 0.15) is 0 Å². The molecule has 0 unspecified atom stereocenters. The predicted molar refractivity (Wildman–Crippen MR) is 46.7 cm³/mol. The summed E-state index contributed by atoms with van der Waals surface area (Å²) in [6.07, 6.45) is 3.61. The van der Waals surface area contributed by atoms with Gasteiger partial charge in [0.15, 0.2) is 0 Å². The van der Waals surface area contributed by atoms with Crippen LogP contribution in [0.15, 0.2) is 24.0 Å². The van der Waals surface area contributed by atoms with E-state index in [1.54, 1.807) is 10.9 Å². The number of anilines is 1. The van der Waals surface area contributed by atoms with Crippen molar-refractivity contribution in [2.75, 3.05) is 11.9 Å². The summed E-state index contributed by atoms with van der Waals surface area (Å²) in [5.74, 6) is 0. The smallest absolute Gasteiger partial charge is 0.0729 e. The van der Waals surface area contributed by atoms with Gasteiger partial charge in [-0.1, -0.05) is 18.2 Å². The zero-order chi connectivity index (χ0) is 8.27. The minimum absolute atomic E-state index is 0.577. The van der Waals surface area contributed by atoms with Crippen LogP contribution in [0.4, 0.5) is 5.69 Å². The highest BCUT2D eigenvalue weighted by Gasteiger charge is 1.93. The molecule has 0 saturated carbocycles. The van der Waals surface area contributed by atoms with Gasteiger partial charge in [0.2, 0.25) is 0 Å². The first-order valence-electron chi connectivity index (χ1n) is 3.24. The van der Waals surface area contributed by atoms with Gasteiger partial charge in [-0.15, -0.1) is 0 Å². The first-order chi connectivity index (χ1) is 5.18. The van der Waals surface area contributed by atoms with E-state index < -0.39 is 0 Å². The molecular weight excluding hydrogens is 162 g/mol. The van der Waals surface area contributed by atoms with Crippen LogP contribution in [0.2, 0.25) is 0 Å². The van der Waals surface area contributed by atoms with Gasteiger partial charge >= 0.3 is 0 Å².